The molecule has 1 aliphatic carbocycles. The van der Waals surface area contributed by atoms with Crippen LogP contribution in [0, 0.1) is 13.8 Å². The second-order valence-electron chi connectivity index (χ2n) is 7.54. The van der Waals surface area contributed by atoms with Crippen molar-refractivity contribution in [3.8, 4) is 0 Å². The minimum absolute atomic E-state index is 0.182. The van der Waals surface area contributed by atoms with Gasteiger partial charge in [0.2, 0.25) is 0 Å². The second kappa shape index (κ2) is 8.69. The lowest BCUT2D eigenvalue weighted by molar-refractivity contribution is 0.0955. The van der Waals surface area contributed by atoms with E-state index < -0.39 is 0 Å². The van der Waals surface area contributed by atoms with Crippen molar-refractivity contribution in [1.29, 1.82) is 0 Å². The van der Waals surface area contributed by atoms with E-state index in [1.807, 2.05) is 45.9 Å². The third-order valence-electron chi connectivity index (χ3n) is 4.88. The zero-order chi connectivity index (χ0) is 20.3. The molecule has 3 rings (SSSR count). The Bertz CT molecular complexity index is 939. The Morgan fingerprint density at radius 1 is 1.04 bits per heavy atom. The first-order valence-electron chi connectivity index (χ1n) is 9.71. The highest BCUT2D eigenvalue weighted by Gasteiger charge is 2.26. The summed E-state index contributed by atoms with van der Waals surface area (Å²) in [4.78, 5) is 27.0. The second-order valence-corrected chi connectivity index (χ2v) is 8.65. The first-order valence-corrected chi connectivity index (χ1v) is 10.5. The maximum atomic E-state index is 12.9. The van der Waals surface area contributed by atoms with Crippen LogP contribution in [-0.4, -0.2) is 17.5 Å². The molecule has 0 saturated carbocycles. The number of hydrazone groups is 1. The number of fused-ring (bicyclic) bond motifs is 1. The van der Waals surface area contributed by atoms with Crippen LogP contribution >= 0.6 is 11.3 Å². The van der Waals surface area contributed by atoms with Gasteiger partial charge in [0.25, 0.3) is 11.8 Å². The van der Waals surface area contributed by atoms with Crippen LogP contribution in [0.5, 0.6) is 0 Å². The molecule has 1 aromatic carbocycles. The molecule has 1 aliphatic rings. The van der Waals surface area contributed by atoms with E-state index in [0.29, 0.717) is 16.1 Å². The van der Waals surface area contributed by atoms with Gasteiger partial charge < -0.3 is 5.32 Å². The van der Waals surface area contributed by atoms with Gasteiger partial charge in [0.05, 0.1) is 5.56 Å². The van der Waals surface area contributed by atoms with E-state index in [0.717, 1.165) is 48.1 Å². The van der Waals surface area contributed by atoms with Crippen LogP contribution in [0.4, 0.5) is 5.00 Å². The van der Waals surface area contributed by atoms with Crippen molar-refractivity contribution in [2.75, 3.05) is 5.32 Å². The molecule has 0 radical (unpaired) electrons. The number of aryl methyl sites for hydroxylation is 3. The molecular formula is C22H27N3O2S. The predicted molar refractivity (Wildman–Crippen MR) is 116 cm³/mol. The fraction of sp³-hybridized carbons (Fsp3) is 0.409. The molecule has 0 spiro atoms. The lowest BCUT2D eigenvalue weighted by Crippen LogP contribution is -2.22. The number of thiophene rings is 1. The normalized spacial score (nSPS) is 13.3. The van der Waals surface area contributed by atoms with Gasteiger partial charge in [-0.15, -0.1) is 11.3 Å². The monoisotopic (exact) mass is 397 g/mol. The molecule has 1 aromatic heterocycles. The summed E-state index contributed by atoms with van der Waals surface area (Å²) in [6.07, 6.45) is 5.16. The SMILES string of the molecule is CC(C)=NNC(=O)c1c(NC(=O)c2ccc(C)cc2C)sc2c1CCCCC2. The van der Waals surface area contributed by atoms with Gasteiger partial charge >= 0.3 is 0 Å². The van der Waals surface area contributed by atoms with Gasteiger partial charge in [0.1, 0.15) is 5.00 Å². The van der Waals surface area contributed by atoms with Crippen LogP contribution in [0.1, 0.15) is 75.4 Å². The van der Waals surface area contributed by atoms with Gasteiger partial charge in [-0.2, -0.15) is 5.10 Å². The van der Waals surface area contributed by atoms with Crippen molar-refractivity contribution >= 4 is 33.9 Å². The van der Waals surface area contributed by atoms with Crippen LogP contribution in [0.25, 0.3) is 0 Å². The first-order chi connectivity index (χ1) is 13.4. The van der Waals surface area contributed by atoms with Crippen molar-refractivity contribution in [2.45, 2.75) is 59.8 Å². The van der Waals surface area contributed by atoms with Crippen molar-refractivity contribution in [3.63, 3.8) is 0 Å². The molecule has 5 nitrogen and oxygen atoms in total. The maximum Gasteiger partial charge on any atom is 0.274 e. The Morgan fingerprint density at radius 2 is 1.79 bits per heavy atom. The molecule has 148 valence electrons. The highest BCUT2D eigenvalue weighted by Crippen LogP contribution is 2.37. The topological polar surface area (TPSA) is 70.6 Å². The largest absolute Gasteiger partial charge is 0.313 e. The van der Waals surface area contributed by atoms with Crippen molar-refractivity contribution in [3.05, 3.63) is 50.9 Å². The van der Waals surface area contributed by atoms with Crippen LogP contribution in [0.3, 0.4) is 0 Å². The van der Waals surface area contributed by atoms with E-state index in [1.54, 1.807) is 0 Å². The van der Waals surface area contributed by atoms with Gasteiger partial charge in [-0.3, -0.25) is 9.59 Å². The first kappa shape index (κ1) is 20.3. The number of nitrogens with one attached hydrogen (secondary N) is 2. The molecular weight excluding hydrogens is 370 g/mol. The summed E-state index contributed by atoms with van der Waals surface area (Å²) >= 11 is 1.53. The quantitative estimate of drug-likeness (QED) is 0.432. The van der Waals surface area contributed by atoms with Gasteiger partial charge in [-0.05, 0) is 70.6 Å². The molecule has 0 saturated heterocycles. The minimum Gasteiger partial charge on any atom is -0.313 e. The van der Waals surface area contributed by atoms with E-state index in [1.165, 1.54) is 22.6 Å². The number of amides is 2. The van der Waals surface area contributed by atoms with Gasteiger partial charge in [-0.1, -0.05) is 24.1 Å². The van der Waals surface area contributed by atoms with Crippen molar-refractivity contribution in [2.24, 2.45) is 5.10 Å². The van der Waals surface area contributed by atoms with Crippen LogP contribution < -0.4 is 10.7 Å². The number of carbonyl (C=O) groups is 2. The maximum absolute atomic E-state index is 12.9. The summed E-state index contributed by atoms with van der Waals surface area (Å²) in [6.45, 7) is 7.59. The Morgan fingerprint density at radius 3 is 2.50 bits per heavy atom. The molecule has 2 N–H and O–H groups in total. The molecule has 0 atom stereocenters. The van der Waals surface area contributed by atoms with Crippen LogP contribution in [0.15, 0.2) is 23.3 Å². The highest BCUT2D eigenvalue weighted by atomic mass is 32.1. The molecule has 2 aromatic rings. The average Bonchev–Trinajstić information content (AvgIpc) is 2.80. The standard InChI is InChI=1S/C22H27N3O2S/c1-13(2)24-25-21(27)19-17-8-6-5-7-9-18(17)28-22(19)23-20(26)16-11-10-14(3)12-15(16)4/h10-12H,5-9H2,1-4H3,(H,23,26)(H,25,27). The molecule has 2 amide bonds. The molecule has 0 bridgehead atoms. The van der Waals surface area contributed by atoms with Gasteiger partial charge in [0.15, 0.2) is 0 Å². The third kappa shape index (κ3) is 4.50. The summed E-state index contributed by atoms with van der Waals surface area (Å²) in [5.41, 5.74) is 7.72. The smallest absolute Gasteiger partial charge is 0.274 e. The fourth-order valence-electron chi connectivity index (χ4n) is 3.53. The molecule has 28 heavy (non-hydrogen) atoms. The Kier molecular flexibility index (Phi) is 6.29. The van der Waals surface area contributed by atoms with E-state index >= 15 is 0 Å². The number of hydrogen-bond donors (Lipinski definition) is 2. The Hall–Kier alpha value is -2.47. The highest BCUT2D eigenvalue weighted by molar-refractivity contribution is 7.17. The number of benzene rings is 1. The zero-order valence-electron chi connectivity index (χ0n) is 16.9. The van der Waals surface area contributed by atoms with Crippen molar-refractivity contribution in [1.82, 2.24) is 5.43 Å². The lowest BCUT2D eigenvalue weighted by Gasteiger charge is -2.10. The predicted octanol–water partition coefficient (Wildman–Crippen LogP) is 5.01. The van der Waals surface area contributed by atoms with Crippen LogP contribution in [-0.2, 0) is 12.8 Å². The summed E-state index contributed by atoms with van der Waals surface area (Å²) in [6, 6.07) is 5.76. The van der Waals surface area contributed by atoms with Crippen molar-refractivity contribution < 1.29 is 9.59 Å². The molecule has 0 fully saturated rings. The zero-order valence-corrected chi connectivity index (χ0v) is 17.8. The lowest BCUT2D eigenvalue weighted by atomic mass is 10.0. The van der Waals surface area contributed by atoms with Gasteiger partial charge in [-0.25, -0.2) is 5.43 Å². The summed E-state index contributed by atoms with van der Waals surface area (Å²) in [5.74, 6) is -0.435. The number of hydrogen-bond acceptors (Lipinski definition) is 4. The summed E-state index contributed by atoms with van der Waals surface area (Å²) < 4.78 is 0. The van der Waals surface area contributed by atoms with E-state index in [2.05, 4.69) is 15.8 Å². The Balaban J connectivity index is 1.96. The molecule has 6 heteroatoms. The number of anilines is 1. The molecule has 0 unspecified atom stereocenters. The Labute approximate surface area is 170 Å². The van der Waals surface area contributed by atoms with E-state index in [4.69, 9.17) is 0 Å². The summed E-state index contributed by atoms with van der Waals surface area (Å²) in [7, 11) is 0. The third-order valence-corrected chi connectivity index (χ3v) is 6.09. The van der Waals surface area contributed by atoms with Gasteiger partial charge in [0, 0.05) is 16.2 Å². The number of carbonyl (C=O) groups excluding carboxylic acids is 2. The van der Waals surface area contributed by atoms with Crippen LogP contribution in [0.2, 0.25) is 0 Å². The van der Waals surface area contributed by atoms with E-state index in [-0.39, 0.29) is 11.8 Å². The summed E-state index contributed by atoms with van der Waals surface area (Å²) in [5, 5.41) is 7.69. The number of nitrogens with zero attached hydrogens (tertiary/aromatic N) is 1. The minimum atomic E-state index is -0.253. The molecule has 1 heterocycles. The fourth-order valence-corrected chi connectivity index (χ4v) is 4.81. The molecule has 0 aliphatic heterocycles. The number of rotatable bonds is 4. The average molecular weight is 398 g/mol. The van der Waals surface area contributed by atoms with E-state index in [9.17, 15) is 9.59 Å².